The van der Waals surface area contributed by atoms with Gasteiger partial charge in [-0.15, -0.1) is 0 Å². The number of halogens is 1. The molecule has 1 saturated carbocycles. The number of nitrogens with zero attached hydrogens (tertiary/aromatic N) is 2. The summed E-state index contributed by atoms with van der Waals surface area (Å²) in [6, 6.07) is 11.4. The molecule has 7 rings (SSSR count). The molecule has 2 aliphatic carbocycles. The summed E-state index contributed by atoms with van der Waals surface area (Å²) in [5.74, 6) is 0.492. The van der Waals surface area contributed by atoms with Crippen LogP contribution in [0.15, 0.2) is 59.2 Å². The highest BCUT2D eigenvalue weighted by molar-refractivity contribution is 7.90. The minimum Gasteiger partial charge on any atom is -0.490 e. The maximum absolute atomic E-state index is 13.6. The lowest BCUT2D eigenvalue weighted by molar-refractivity contribution is -0.0776. The number of methoxy groups -OCH3 is 1. The van der Waals surface area contributed by atoms with E-state index in [1.165, 1.54) is 17.4 Å². The van der Waals surface area contributed by atoms with Crippen LogP contribution < -0.4 is 14.4 Å². The average Bonchev–Trinajstić information content (AvgIpc) is 3.48. The standard InChI is InChI=1S/C38H46ClN3O7S/c1-24-6-4-15-38(47-3,18-35-40-30(20-43)21-48-35)32-11-8-28(32)19-42-22-37(14-5-7-26-16-29(39)10-12-31(26)37)23-49-34-13-9-27(17-33(34)42)36(44)41-50(45,46)25(24)2/h4,9-10,12-13,15-17,21,24-25,28,32,43H,5-8,11,14,18-20,22-23H2,1-3H3,(H,41,44)/b15-4+/t24-,25+,28-,32+,37-,38+/m0/s1. The van der Waals surface area contributed by atoms with Gasteiger partial charge in [-0.1, -0.05) is 36.7 Å². The number of hydrogen-bond donors (Lipinski definition) is 2. The molecule has 268 valence electrons. The van der Waals surface area contributed by atoms with E-state index in [1.807, 2.05) is 19.1 Å². The molecule has 2 aliphatic heterocycles. The SMILES string of the molecule is CO[C@@]1(Cc2nc(CO)co2)/C=C/C[C@H](C)[C@@H](C)S(=O)(=O)NC(=O)c2ccc3c(c2)N(C[C@@H]2CC[C@H]21)C[C@@]1(CCCc2cc(Cl)ccc21)CO3. The van der Waals surface area contributed by atoms with Gasteiger partial charge in [0, 0.05) is 36.2 Å². The zero-order valence-corrected chi connectivity index (χ0v) is 30.4. The molecule has 3 heterocycles. The van der Waals surface area contributed by atoms with Crippen LogP contribution >= 0.6 is 11.6 Å². The zero-order valence-electron chi connectivity index (χ0n) is 28.9. The molecule has 12 heteroatoms. The number of oxazole rings is 1. The minimum atomic E-state index is -4.00. The Balaban J connectivity index is 1.33. The molecule has 1 fully saturated rings. The quantitative estimate of drug-likeness (QED) is 0.312. The number of allylic oxidation sites excluding steroid dienone is 1. The first-order valence-corrected chi connectivity index (χ1v) is 19.5. The summed E-state index contributed by atoms with van der Waals surface area (Å²) >= 11 is 6.46. The fourth-order valence-corrected chi connectivity index (χ4v) is 10.1. The molecular formula is C38H46ClN3O7S. The fraction of sp³-hybridized carbons (Fsp3) is 0.526. The Morgan fingerprint density at radius 1 is 1.18 bits per heavy atom. The molecule has 4 aliphatic rings. The van der Waals surface area contributed by atoms with Crippen molar-refractivity contribution in [3.05, 3.63) is 88.1 Å². The lowest BCUT2D eigenvalue weighted by Gasteiger charge is -2.50. The van der Waals surface area contributed by atoms with Gasteiger partial charge in [0.15, 0.2) is 5.89 Å². The smallest absolute Gasteiger partial charge is 0.264 e. The molecule has 2 aromatic carbocycles. The Morgan fingerprint density at radius 3 is 2.76 bits per heavy atom. The Hall–Kier alpha value is -3.38. The third kappa shape index (κ3) is 6.46. The van der Waals surface area contributed by atoms with Crippen LogP contribution in [-0.4, -0.2) is 62.1 Å². The van der Waals surface area contributed by atoms with Crippen molar-refractivity contribution < 1.29 is 32.2 Å². The van der Waals surface area contributed by atoms with E-state index in [1.54, 1.807) is 32.2 Å². The number of aliphatic hydroxyl groups is 1. The number of amides is 1. The van der Waals surface area contributed by atoms with Gasteiger partial charge in [-0.25, -0.2) is 18.1 Å². The van der Waals surface area contributed by atoms with Crippen LogP contribution in [0.1, 0.15) is 79.0 Å². The van der Waals surface area contributed by atoms with Crippen molar-refractivity contribution in [3.63, 3.8) is 0 Å². The first-order chi connectivity index (χ1) is 24.0. The van der Waals surface area contributed by atoms with E-state index in [4.69, 9.17) is 25.5 Å². The van der Waals surface area contributed by atoms with Crippen molar-refractivity contribution in [2.75, 3.05) is 31.7 Å². The Labute approximate surface area is 299 Å². The summed E-state index contributed by atoms with van der Waals surface area (Å²) in [5.41, 5.74) is 2.87. The number of ether oxygens (including phenoxy) is 2. The van der Waals surface area contributed by atoms with Crippen LogP contribution in [0, 0.1) is 17.8 Å². The molecule has 0 saturated heterocycles. The van der Waals surface area contributed by atoms with Crippen LogP contribution in [0.25, 0.3) is 0 Å². The second kappa shape index (κ2) is 13.6. The molecular weight excluding hydrogens is 678 g/mol. The molecule has 50 heavy (non-hydrogen) atoms. The average molecular weight is 724 g/mol. The fourth-order valence-electron chi connectivity index (χ4n) is 8.57. The maximum atomic E-state index is 13.6. The Kier molecular flexibility index (Phi) is 9.56. The van der Waals surface area contributed by atoms with Gasteiger partial charge in [0.1, 0.15) is 17.7 Å². The van der Waals surface area contributed by atoms with Crippen LogP contribution in [-0.2, 0) is 39.6 Å². The third-order valence-corrected chi connectivity index (χ3v) is 14.0. The van der Waals surface area contributed by atoms with E-state index in [9.17, 15) is 18.3 Å². The van der Waals surface area contributed by atoms with E-state index < -0.39 is 26.8 Å². The van der Waals surface area contributed by atoms with Gasteiger partial charge in [0.05, 0.1) is 36.2 Å². The number of aromatic nitrogens is 1. The van der Waals surface area contributed by atoms with Gasteiger partial charge < -0.3 is 23.9 Å². The van der Waals surface area contributed by atoms with Crippen molar-refractivity contribution in [1.29, 1.82) is 0 Å². The number of hydrogen-bond acceptors (Lipinski definition) is 9. The van der Waals surface area contributed by atoms with Crippen LogP contribution in [0.2, 0.25) is 5.02 Å². The van der Waals surface area contributed by atoms with Gasteiger partial charge in [-0.05, 0) is 105 Å². The molecule has 1 spiro atoms. The summed E-state index contributed by atoms with van der Waals surface area (Å²) in [7, 11) is -2.29. The number of anilines is 1. The largest absolute Gasteiger partial charge is 0.490 e. The van der Waals surface area contributed by atoms with Gasteiger partial charge in [-0.3, -0.25) is 4.79 Å². The van der Waals surface area contributed by atoms with Crippen molar-refractivity contribution >= 4 is 33.2 Å². The number of fused-ring (bicyclic) bond motifs is 4. The first kappa shape index (κ1) is 35.0. The van der Waals surface area contributed by atoms with Gasteiger partial charge in [0.25, 0.3) is 5.91 Å². The topological polar surface area (TPSA) is 131 Å². The van der Waals surface area contributed by atoms with Crippen LogP contribution in [0.5, 0.6) is 5.75 Å². The molecule has 0 unspecified atom stereocenters. The number of nitrogens with one attached hydrogen (secondary N) is 1. The molecule has 10 nitrogen and oxygen atoms in total. The molecule has 1 amide bonds. The van der Waals surface area contributed by atoms with Gasteiger partial charge >= 0.3 is 0 Å². The highest BCUT2D eigenvalue weighted by Gasteiger charge is 2.50. The van der Waals surface area contributed by atoms with E-state index in [2.05, 4.69) is 32.8 Å². The van der Waals surface area contributed by atoms with Gasteiger partial charge in [0.2, 0.25) is 10.0 Å². The highest BCUT2D eigenvalue weighted by Crippen LogP contribution is 2.49. The predicted octanol–water partition coefficient (Wildman–Crippen LogP) is 5.99. The van der Waals surface area contributed by atoms with E-state index >= 15 is 0 Å². The van der Waals surface area contributed by atoms with Crippen molar-refractivity contribution in [2.45, 2.75) is 81.7 Å². The zero-order chi connectivity index (χ0) is 35.3. The summed E-state index contributed by atoms with van der Waals surface area (Å²) in [4.78, 5) is 20.4. The number of aliphatic hydroxyl groups excluding tert-OH is 1. The summed E-state index contributed by atoms with van der Waals surface area (Å²) in [5, 5.41) is 9.56. The molecule has 2 bridgehead atoms. The summed E-state index contributed by atoms with van der Waals surface area (Å²) in [6.07, 6.45) is 11.1. The Bertz CT molecular complexity index is 1900. The number of carbonyl (C=O) groups excluding carboxylic acids is 1. The number of aryl methyl sites for hydroxylation is 1. The number of sulfonamides is 1. The van der Waals surface area contributed by atoms with E-state index in [-0.39, 0.29) is 35.3 Å². The first-order valence-electron chi connectivity index (χ1n) is 17.6. The van der Waals surface area contributed by atoms with E-state index in [0.717, 1.165) is 42.8 Å². The molecule has 1 aromatic heterocycles. The summed E-state index contributed by atoms with van der Waals surface area (Å²) in [6.45, 7) is 5.08. The minimum absolute atomic E-state index is 0.0881. The number of rotatable bonds is 4. The van der Waals surface area contributed by atoms with Crippen LogP contribution in [0.4, 0.5) is 5.69 Å². The lowest BCUT2D eigenvalue weighted by atomic mass is 9.63. The molecule has 2 N–H and O–H groups in total. The lowest BCUT2D eigenvalue weighted by Crippen LogP contribution is -2.54. The Morgan fingerprint density at radius 2 is 2.02 bits per heavy atom. The van der Waals surface area contributed by atoms with Crippen molar-refractivity contribution in [1.82, 2.24) is 9.71 Å². The summed E-state index contributed by atoms with van der Waals surface area (Å²) < 4.78 is 48.2. The van der Waals surface area contributed by atoms with Gasteiger partial charge in [-0.2, -0.15) is 0 Å². The molecule has 6 atom stereocenters. The third-order valence-electron chi connectivity index (χ3n) is 11.8. The maximum Gasteiger partial charge on any atom is 0.264 e. The monoisotopic (exact) mass is 723 g/mol. The van der Waals surface area contributed by atoms with Crippen molar-refractivity contribution in [2.24, 2.45) is 17.8 Å². The highest BCUT2D eigenvalue weighted by atomic mass is 35.5. The number of benzene rings is 2. The predicted molar refractivity (Wildman–Crippen MR) is 191 cm³/mol. The number of carbonyl (C=O) groups is 1. The van der Waals surface area contributed by atoms with E-state index in [0.29, 0.717) is 49.9 Å². The second-order valence-electron chi connectivity index (χ2n) is 14.8. The normalized spacial score (nSPS) is 31.4. The second-order valence-corrected chi connectivity index (χ2v) is 17.2. The molecule has 3 aromatic rings. The van der Waals surface area contributed by atoms with Crippen LogP contribution in [0.3, 0.4) is 0 Å². The van der Waals surface area contributed by atoms with Crippen molar-refractivity contribution in [3.8, 4) is 5.75 Å². The molecule has 0 radical (unpaired) electrons.